The fourth-order valence-electron chi connectivity index (χ4n) is 2.57. The first-order chi connectivity index (χ1) is 7.27. The van der Waals surface area contributed by atoms with Gasteiger partial charge in [0.1, 0.15) is 5.78 Å². The van der Waals surface area contributed by atoms with Crippen LogP contribution >= 0.6 is 12.2 Å². The van der Waals surface area contributed by atoms with Crippen LogP contribution in [-0.4, -0.2) is 28.8 Å². The van der Waals surface area contributed by atoms with Crippen LogP contribution < -0.4 is 0 Å². The maximum absolute atomic E-state index is 11.7. The summed E-state index contributed by atoms with van der Waals surface area (Å²) in [5, 5.41) is 0. The van der Waals surface area contributed by atoms with Gasteiger partial charge >= 0.3 is 0 Å². The molecule has 0 radical (unpaired) electrons. The predicted octanol–water partition coefficient (Wildman–Crippen LogP) is 2.56. The molecule has 1 atom stereocenters. The third kappa shape index (κ3) is 2.77. The van der Waals surface area contributed by atoms with Crippen LogP contribution in [0.15, 0.2) is 0 Å². The Balaban J connectivity index is 1.89. The van der Waals surface area contributed by atoms with E-state index in [0.717, 1.165) is 43.8 Å². The smallest absolute Gasteiger partial charge is 0.137 e. The molecule has 0 aromatic rings. The molecule has 2 rings (SSSR count). The highest BCUT2D eigenvalue weighted by atomic mass is 32.1. The predicted molar refractivity (Wildman–Crippen MR) is 65.0 cm³/mol. The zero-order chi connectivity index (χ0) is 10.7. The molecule has 0 N–H and O–H groups in total. The minimum Gasteiger partial charge on any atom is -0.365 e. The quantitative estimate of drug-likeness (QED) is 0.674. The van der Waals surface area contributed by atoms with Gasteiger partial charge in [-0.2, -0.15) is 0 Å². The second-order valence-corrected chi connectivity index (χ2v) is 5.18. The second kappa shape index (κ2) is 5.06. The number of rotatable bonds is 2. The fraction of sp³-hybridized carbons (Fsp3) is 0.833. The third-order valence-corrected chi connectivity index (χ3v) is 4.01. The normalized spacial score (nSPS) is 28.3. The molecule has 1 heterocycles. The van der Waals surface area contributed by atoms with Gasteiger partial charge in [0.15, 0.2) is 0 Å². The lowest BCUT2D eigenvalue weighted by molar-refractivity contribution is -0.124. The Hall–Kier alpha value is -0.440. The van der Waals surface area contributed by atoms with E-state index in [4.69, 9.17) is 12.2 Å². The summed E-state index contributed by atoms with van der Waals surface area (Å²) in [6.45, 7) is 1.97. The fourth-order valence-corrected chi connectivity index (χ4v) is 2.88. The average molecular weight is 225 g/mol. The molecule has 1 saturated carbocycles. The summed E-state index contributed by atoms with van der Waals surface area (Å²) in [6.07, 6.45) is 7.71. The molecular formula is C12H19NOS. The number of hydrogen-bond donors (Lipinski definition) is 0. The van der Waals surface area contributed by atoms with Crippen molar-refractivity contribution in [3.05, 3.63) is 0 Å². The maximum atomic E-state index is 11.7. The van der Waals surface area contributed by atoms with Gasteiger partial charge in [-0.25, -0.2) is 0 Å². The van der Waals surface area contributed by atoms with Crippen molar-refractivity contribution in [1.82, 2.24) is 4.90 Å². The van der Waals surface area contributed by atoms with E-state index in [1.165, 1.54) is 19.3 Å². The van der Waals surface area contributed by atoms with Crippen molar-refractivity contribution in [3.8, 4) is 0 Å². The molecule has 1 unspecified atom stereocenters. The van der Waals surface area contributed by atoms with Gasteiger partial charge in [0, 0.05) is 25.4 Å². The Bertz CT molecular complexity index is 238. The van der Waals surface area contributed by atoms with Gasteiger partial charge in [-0.05, 0) is 32.1 Å². The highest BCUT2D eigenvalue weighted by Crippen LogP contribution is 2.23. The molecule has 1 saturated heterocycles. The van der Waals surface area contributed by atoms with Crippen LogP contribution in [-0.2, 0) is 4.79 Å². The van der Waals surface area contributed by atoms with Gasteiger partial charge in [-0.3, -0.25) is 4.79 Å². The van der Waals surface area contributed by atoms with E-state index in [1.807, 2.05) is 0 Å². The minimum atomic E-state index is 0.273. The molecule has 2 nitrogen and oxygen atoms in total. The summed E-state index contributed by atoms with van der Waals surface area (Å²) in [4.78, 5) is 15.1. The number of piperidine rings is 1. The van der Waals surface area contributed by atoms with Crippen molar-refractivity contribution in [3.63, 3.8) is 0 Å². The van der Waals surface area contributed by atoms with Crippen LogP contribution in [0.25, 0.3) is 0 Å². The molecule has 0 bridgehead atoms. The molecule has 84 valence electrons. The number of hydrogen-bond acceptors (Lipinski definition) is 2. The van der Waals surface area contributed by atoms with Crippen molar-refractivity contribution >= 4 is 23.0 Å². The number of carbonyl (C=O) groups is 1. The van der Waals surface area contributed by atoms with E-state index in [1.54, 1.807) is 0 Å². The lowest BCUT2D eigenvalue weighted by Gasteiger charge is -2.33. The SMILES string of the molecule is O=C1CCCCC1CN1CCCCC1=S. The number of likely N-dealkylation sites (tertiary alicyclic amines) is 1. The zero-order valence-corrected chi connectivity index (χ0v) is 10.0. The van der Waals surface area contributed by atoms with Crippen LogP contribution in [0.1, 0.15) is 44.9 Å². The molecule has 0 aromatic carbocycles. The first kappa shape index (κ1) is 11.1. The molecule has 1 aliphatic carbocycles. The summed E-state index contributed by atoms with van der Waals surface area (Å²) in [5.41, 5.74) is 0. The first-order valence-electron chi connectivity index (χ1n) is 6.08. The number of Topliss-reactive ketones (excluding diaryl/α,β-unsaturated/α-hetero) is 1. The number of thiocarbonyl (C=S) groups is 1. The van der Waals surface area contributed by atoms with E-state index in [9.17, 15) is 4.79 Å². The molecule has 1 aliphatic heterocycles. The summed E-state index contributed by atoms with van der Waals surface area (Å²) < 4.78 is 0. The van der Waals surface area contributed by atoms with Crippen molar-refractivity contribution in [2.75, 3.05) is 13.1 Å². The Kier molecular flexibility index (Phi) is 3.73. The average Bonchev–Trinajstić information content (AvgIpc) is 2.24. The third-order valence-electron chi connectivity index (χ3n) is 3.54. The van der Waals surface area contributed by atoms with Gasteiger partial charge in [0.05, 0.1) is 4.99 Å². The van der Waals surface area contributed by atoms with E-state index in [0.29, 0.717) is 5.78 Å². The highest BCUT2D eigenvalue weighted by Gasteiger charge is 2.26. The van der Waals surface area contributed by atoms with Crippen molar-refractivity contribution in [1.29, 1.82) is 0 Å². The number of nitrogens with zero attached hydrogens (tertiary/aromatic N) is 1. The second-order valence-electron chi connectivity index (χ2n) is 4.71. The van der Waals surface area contributed by atoms with Crippen LogP contribution in [0, 0.1) is 5.92 Å². The lowest BCUT2D eigenvalue weighted by Crippen LogP contribution is -2.40. The summed E-state index contributed by atoms with van der Waals surface area (Å²) in [5.74, 6) is 0.740. The van der Waals surface area contributed by atoms with Crippen LogP contribution in [0.5, 0.6) is 0 Å². The molecular weight excluding hydrogens is 206 g/mol. The van der Waals surface area contributed by atoms with Gasteiger partial charge in [0.2, 0.25) is 0 Å². The summed E-state index contributed by atoms with van der Waals surface area (Å²) in [7, 11) is 0. The standard InChI is InChI=1S/C12H19NOS/c14-11-6-2-1-5-10(11)9-13-8-4-3-7-12(13)15/h10H,1-9H2. The topological polar surface area (TPSA) is 20.3 Å². The zero-order valence-electron chi connectivity index (χ0n) is 9.21. The molecule has 0 amide bonds. The van der Waals surface area contributed by atoms with Gasteiger partial charge in [-0.15, -0.1) is 0 Å². The van der Waals surface area contributed by atoms with Crippen molar-refractivity contribution in [2.45, 2.75) is 44.9 Å². The van der Waals surface area contributed by atoms with E-state index >= 15 is 0 Å². The molecule has 2 aliphatic rings. The van der Waals surface area contributed by atoms with E-state index in [-0.39, 0.29) is 5.92 Å². The van der Waals surface area contributed by atoms with Crippen LogP contribution in [0.3, 0.4) is 0 Å². The van der Waals surface area contributed by atoms with Crippen LogP contribution in [0.4, 0.5) is 0 Å². The molecule has 15 heavy (non-hydrogen) atoms. The van der Waals surface area contributed by atoms with Gasteiger partial charge in [-0.1, -0.05) is 18.6 Å². The van der Waals surface area contributed by atoms with E-state index < -0.39 is 0 Å². The highest BCUT2D eigenvalue weighted by molar-refractivity contribution is 7.80. The molecule has 0 spiro atoms. The Morgan fingerprint density at radius 3 is 2.73 bits per heavy atom. The first-order valence-corrected chi connectivity index (χ1v) is 6.48. The maximum Gasteiger partial charge on any atom is 0.137 e. The molecule has 0 aromatic heterocycles. The molecule has 2 fully saturated rings. The number of carbonyl (C=O) groups excluding carboxylic acids is 1. The van der Waals surface area contributed by atoms with E-state index in [2.05, 4.69) is 4.90 Å². The van der Waals surface area contributed by atoms with Gasteiger partial charge in [0.25, 0.3) is 0 Å². The summed E-state index contributed by atoms with van der Waals surface area (Å²) >= 11 is 5.35. The largest absolute Gasteiger partial charge is 0.365 e. The number of ketones is 1. The van der Waals surface area contributed by atoms with Gasteiger partial charge < -0.3 is 4.90 Å². The Morgan fingerprint density at radius 1 is 1.20 bits per heavy atom. The minimum absolute atomic E-state index is 0.273. The van der Waals surface area contributed by atoms with Crippen LogP contribution in [0.2, 0.25) is 0 Å². The Labute approximate surface area is 97.0 Å². The lowest BCUT2D eigenvalue weighted by atomic mass is 9.87. The monoisotopic (exact) mass is 225 g/mol. The summed E-state index contributed by atoms with van der Waals surface area (Å²) in [6, 6.07) is 0. The van der Waals surface area contributed by atoms with Crippen molar-refractivity contribution < 1.29 is 4.79 Å². The van der Waals surface area contributed by atoms with Crippen molar-refractivity contribution in [2.24, 2.45) is 5.92 Å². The Morgan fingerprint density at radius 2 is 2.00 bits per heavy atom. The molecule has 3 heteroatoms.